The molecule has 176 valence electrons. The summed E-state index contributed by atoms with van der Waals surface area (Å²) in [6.45, 7) is 7.30. The number of para-hydroxylation sites is 1. The first kappa shape index (κ1) is 24.2. The van der Waals surface area contributed by atoms with Crippen LogP contribution >= 0.6 is 0 Å². The average Bonchev–Trinajstić information content (AvgIpc) is 3.45. The maximum atomic E-state index is 13.4. The quantitative estimate of drug-likeness (QED) is 0.467. The van der Waals surface area contributed by atoms with Gasteiger partial charge in [-0.2, -0.15) is 0 Å². The van der Waals surface area contributed by atoms with Gasteiger partial charge in [-0.1, -0.05) is 31.5 Å². The number of rotatable bonds is 10. The fourth-order valence-corrected chi connectivity index (χ4v) is 3.74. The molecule has 3 amide bonds. The molecular formula is C26H34N4O3. The third kappa shape index (κ3) is 6.51. The van der Waals surface area contributed by atoms with Crippen LogP contribution in [0.1, 0.15) is 42.3 Å². The molecule has 3 rings (SSSR count). The summed E-state index contributed by atoms with van der Waals surface area (Å²) in [5, 5.41) is 3.03. The maximum absolute atomic E-state index is 13.4. The topological polar surface area (TPSA) is 70.7 Å². The minimum atomic E-state index is -0.258. The van der Waals surface area contributed by atoms with Crippen molar-refractivity contribution in [3.63, 3.8) is 0 Å². The highest BCUT2D eigenvalue weighted by Gasteiger charge is 2.23. The predicted molar refractivity (Wildman–Crippen MR) is 130 cm³/mol. The zero-order valence-electron chi connectivity index (χ0n) is 20.0. The van der Waals surface area contributed by atoms with Gasteiger partial charge in [0.2, 0.25) is 5.91 Å². The fourth-order valence-electron chi connectivity index (χ4n) is 3.74. The summed E-state index contributed by atoms with van der Waals surface area (Å²) in [5.41, 5.74) is 3.80. The number of anilines is 1. The van der Waals surface area contributed by atoms with Gasteiger partial charge in [-0.15, -0.1) is 0 Å². The van der Waals surface area contributed by atoms with Gasteiger partial charge in [-0.3, -0.25) is 4.79 Å². The number of nitrogens with zero attached hydrogens (tertiary/aromatic N) is 3. The fraction of sp³-hybridized carbons (Fsp3) is 0.385. The molecule has 0 spiro atoms. The van der Waals surface area contributed by atoms with E-state index in [0.717, 1.165) is 35.3 Å². The Hall–Kier alpha value is -3.48. The number of carbonyl (C=O) groups is 2. The van der Waals surface area contributed by atoms with E-state index in [1.165, 1.54) is 0 Å². The van der Waals surface area contributed by atoms with Crippen LogP contribution in [0.3, 0.4) is 0 Å². The van der Waals surface area contributed by atoms with Crippen molar-refractivity contribution in [2.24, 2.45) is 7.05 Å². The molecule has 0 aliphatic heterocycles. The average molecular weight is 451 g/mol. The second-order valence-electron chi connectivity index (χ2n) is 8.41. The first-order valence-electron chi connectivity index (χ1n) is 11.4. The largest absolute Gasteiger partial charge is 0.467 e. The summed E-state index contributed by atoms with van der Waals surface area (Å²) < 4.78 is 7.48. The van der Waals surface area contributed by atoms with E-state index >= 15 is 0 Å². The second-order valence-corrected chi connectivity index (χ2v) is 8.41. The van der Waals surface area contributed by atoms with Gasteiger partial charge in [0.05, 0.1) is 19.4 Å². The maximum Gasteiger partial charge on any atom is 0.322 e. The van der Waals surface area contributed by atoms with Gasteiger partial charge >= 0.3 is 6.03 Å². The van der Waals surface area contributed by atoms with Gasteiger partial charge < -0.3 is 24.1 Å². The molecule has 0 aliphatic rings. The molecule has 7 nitrogen and oxygen atoms in total. The van der Waals surface area contributed by atoms with Gasteiger partial charge in [0, 0.05) is 31.2 Å². The van der Waals surface area contributed by atoms with E-state index in [4.69, 9.17) is 4.42 Å². The molecule has 2 heterocycles. The molecule has 0 bridgehead atoms. The summed E-state index contributed by atoms with van der Waals surface area (Å²) >= 11 is 0. The smallest absolute Gasteiger partial charge is 0.322 e. The van der Waals surface area contributed by atoms with Gasteiger partial charge in [0.15, 0.2) is 0 Å². The van der Waals surface area contributed by atoms with E-state index < -0.39 is 0 Å². The van der Waals surface area contributed by atoms with Crippen LogP contribution in [0.15, 0.2) is 59.3 Å². The standard InChI is InChI=1S/C26H34N4O3/c1-5-6-15-29(26(32)27-25-20(2)10-7-11-21(25)3)19-24(31)30(18-23-13-9-16-33-23)17-22-12-8-14-28(22)4/h7-14,16H,5-6,15,17-19H2,1-4H3,(H,27,32). The molecule has 0 saturated heterocycles. The van der Waals surface area contributed by atoms with Crippen LogP contribution in [0.25, 0.3) is 0 Å². The molecule has 3 aromatic rings. The molecule has 0 atom stereocenters. The van der Waals surface area contributed by atoms with Crippen molar-refractivity contribution in [3.05, 3.63) is 77.5 Å². The summed E-state index contributed by atoms with van der Waals surface area (Å²) in [7, 11) is 1.95. The van der Waals surface area contributed by atoms with E-state index in [-0.39, 0.29) is 18.5 Å². The number of carbonyl (C=O) groups excluding carboxylic acids is 2. The van der Waals surface area contributed by atoms with Crippen LogP contribution < -0.4 is 5.32 Å². The molecule has 7 heteroatoms. The Balaban J connectivity index is 1.77. The second kappa shape index (κ2) is 11.4. The van der Waals surface area contributed by atoms with Crippen molar-refractivity contribution in [3.8, 4) is 0 Å². The monoisotopic (exact) mass is 450 g/mol. The molecule has 1 aromatic carbocycles. The molecular weight excluding hydrogens is 416 g/mol. The third-order valence-corrected chi connectivity index (χ3v) is 5.79. The van der Waals surface area contributed by atoms with E-state index in [2.05, 4.69) is 12.2 Å². The highest BCUT2D eigenvalue weighted by atomic mass is 16.3. The van der Waals surface area contributed by atoms with Gasteiger partial charge in [0.1, 0.15) is 12.3 Å². The number of furan rings is 1. The first-order valence-corrected chi connectivity index (χ1v) is 11.4. The number of benzene rings is 1. The van der Waals surface area contributed by atoms with Crippen molar-refractivity contribution in [1.82, 2.24) is 14.4 Å². The van der Waals surface area contributed by atoms with E-state index in [0.29, 0.717) is 25.4 Å². The lowest BCUT2D eigenvalue weighted by Gasteiger charge is -2.28. The predicted octanol–water partition coefficient (Wildman–Crippen LogP) is 5.10. The van der Waals surface area contributed by atoms with Crippen molar-refractivity contribution in [1.29, 1.82) is 0 Å². The summed E-state index contributed by atoms with van der Waals surface area (Å²) in [4.78, 5) is 30.0. The van der Waals surface area contributed by atoms with Crippen LogP contribution in [-0.4, -0.2) is 39.4 Å². The molecule has 2 aromatic heterocycles. The number of amides is 3. The first-order chi connectivity index (χ1) is 15.9. The van der Waals surface area contributed by atoms with Crippen LogP contribution in [0.5, 0.6) is 0 Å². The molecule has 33 heavy (non-hydrogen) atoms. The normalized spacial score (nSPS) is 10.8. The number of unbranched alkanes of at least 4 members (excludes halogenated alkanes) is 1. The number of aryl methyl sites for hydroxylation is 3. The van der Waals surface area contributed by atoms with Gasteiger partial charge in [-0.25, -0.2) is 4.79 Å². The van der Waals surface area contributed by atoms with Gasteiger partial charge in [-0.05, 0) is 55.7 Å². The highest BCUT2D eigenvalue weighted by molar-refractivity contribution is 5.93. The Kier molecular flexibility index (Phi) is 8.35. The van der Waals surface area contributed by atoms with Crippen LogP contribution in [0.4, 0.5) is 10.5 Å². The van der Waals surface area contributed by atoms with Gasteiger partial charge in [0.25, 0.3) is 0 Å². The van der Waals surface area contributed by atoms with E-state index in [1.54, 1.807) is 16.1 Å². The highest BCUT2D eigenvalue weighted by Crippen LogP contribution is 2.20. The van der Waals surface area contributed by atoms with Crippen LogP contribution in [-0.2, 0) is 24.9 Å². The van der Waals surface area contributed by atoms with E-state index in [1.807, 2.05) is 74.1 Å². The minimum absolute atomic E-state index is 0.00188. The minimum Gasteiger partial charge on any atom is -0.467 e. The van der Waals surface area contributed by atoms with Crippen molar-refractivity contribution in [2.45, 2.75) is 46.7 Å². The summed E-state index contributed by atoms with van der Waals surface area (Å²) in [5.74, 6) is 0.581. The molecule has 0 saturated carbocycles. The number of hydrogen-bond acceptors (Lipinski definition) is 3. The lowest BCUT2D eigenvalue weighted by Crippen LogP contribution is -2.44. The summed E-state index contributed by atoms with van der Waals surface area (Å²) in [6, 6.07) is 13.3. The van der Waals surface area contributed by atoms with Crippen LogP contribution in [0.2, 0.25) is 0 Å². The molecule has 0 fully saturated rings. The Morgan fingerprint density at radius 1 is 1.00 bits per heavy atom. The number of hydrogen-bond donors (Lipinski definition) is 1. The van der Waals surface area contributed by atoms with Crippen LogP contribution in [0, 0.1) is 13.8 Å². The Labute approximate surface area is 196 Å². The Bertz CT molecular complexity index is 1040. The molecule has 0 aliphatic carbocycles. The number of aromatic nitrogens is 1. The lowest BCUT2D eigenvalue weighted by molar-refractivity contribution is -0.133. The number of urea groups is 1. The lowest BCUT2D eigenvalue weighted by atomic mass is 10.1. The zero-order chi connectivity index (χ0) is 23.8. The van der Waals surface area contributed by atoms with Crippen molar-refractivity contribution in [2.75, 3.05) is 18.4 Å². The molecule has 1 N–H and O–H groups in total. The van der Waals surface area contributed by atoms with Crippen molar-refractivity contribution < 1.29 is 14.0 Å². The third-order valence-electron chi connectivity index (χ3n) is 5.79. The number of nitrogens with one attached hydrogen (secondary N) is 1. The SMILES string of the molecule is CCCCN(CC(=O)N(Cc1ccco1)Cc1cccn1C)C(=O)Nc1c(C)cccc1C. The molecule has 0 radical (unpaired) electrons. The Morgan fingerprint density at radius 2 is 1.76 bits per heavy atom. The zero-order valence-corrected chi connectivity index (χ0v) is 20.0. The molecule has 0 unspecified atom stereocenters. The van der Waals surface area contributed by atoms with Crippen molar-refractivity contribution >= 4 is 17.6 Å². The summed E-state index contributed by atoms with van der Waals surface area (Å²) in [6.07, 6.45) is 5.31. The van der Waals surface area contributed by atoms with E-state index in [9.17, 15) is 9.59 Å². The Morgan fingerprint density at radius 3 is 2.36 bits per heavy atom.